The van der Waals surface area contributed by atoms with Gasteiger partial charge in [-0.3, -0.25) is 4.79 Å². The number of unbranched alkanes of at least 4 members (excludes halogenated alkanes) is 1. The van der Waals surface area contributed by atoms with Crippen LogP contribution in [0, 0.1) is 0 Å². The van der Waals surface area contributed by atoms with E-state index in [-0.39, 0.29) is 5.91 Å². The number of benzene rings is 2. The summed E-state index contributed by atoms with van der Waals surface area (Å²) in [4.78, 5) is 11.9. The number of nitrogens with one attached hydrogen (secondary N) is 1. The summed E-state index contributed by atoms with van der Waals surface area (Å²) in [5.41, 5.74) is 1.08. The lowest BCUT2D eigenvalue weighted by molar-refractivity contribution is -0.120. The van der Waals surface area contributed by atoms with Gasteiger partial charge in [-0.2, -0.15) is 0 Å². The average Bonchev–Trinajstić information content (AvgIpc) is 2.44. The number of carbonyl (C=O) groups excluding carboxylic acids is 1. The van der Waals surface area contributed by atoms with Crippen molar-refractivity contribution in [2.45, 2.75) is 19.3 Å². The summed E-state index contributed by atoms with van der Waals surface area (Å²) in [6, 6.07) is 14.2. The van der Waals surface area contributed by atoms with E-state index in [1.54, 1.807) is 0 Å². The Kier molecular flexibility index (Phi) is 5.22. The van der Waals surface area contributed by atoms with Crippen LogP contribution in [0.3, 0.4) is 0 Å². The molecule has 1 amide bonds. The summed E-state index contributed by atoms with van der Waals surface area (Å²) < 4.78 is 0. The summed E-state index contributed by atoms with van der Waals surface area (Å²) in [5.74, 6) is 0.727. The molecule has 1 N–H and O–H groups in total. The van der Waals surface area contributed by atoms with Gasteiger partial charge in [0.25, 0.3) is 0 Å². The zero-order chi connectivity index (χ0) is 13.5. The van der Waals surface area contributed by atoms with E-state index in [2.05, 4.69) is 23.5 Å². The molecule has 3 heteroatoms. The van der Waals surface area contributed by atoms with E-state index >= 15 is 0 Å². The molecule has 0 aliphatic rings. The van der Waals surface area contributed by atoms with E-state index in [1.807, 2.05) is 24.3 Å². The van der Waals surface area contributed by atoms with Crippen LogP contribution in [-0.2, 0) is 11.2 Å². The van der Waals surface area contributed by atoms with Gasteiger partial charge in [0.15, 0.2) is 0 Å². The maximum absolute atomic E-state index is 11.9. The highest BCUT2D eigenvalue weighted by molar-refractivity contribution is 6.17. The summed E-state index contributed by atoms with van der Waals surface area (Å²) in [7, 11) is 0. The van der Waals surface area contributed by atoms with Crippen LogP contribution in [0.2, 0.25) is 0 Å². The molecule has 0 bridgehead atoms. The quantitative estimate of drug-likeness (QED) is 0.634. The van der Waals surface area contributed by atoms with Crippen LogP contribution in [0.1, 0.15) is 18.4 Å². The summed E-state index contributed by atoms with van der Waals surface area (Å²) in [6.07, 6.45) is 2.31. The summed E-state index contributed by atoms with van der Waals surface area (Å²) in [5, 5.41) is 5.26. The minimum atomic E-state index is 0.0749. The van der Waals surface area contributed by atoms with Crippen LogP contribution in [0.15, 0.2) is 42.5 Å². The van der Waals surface area contributed by atoms with Crippen LogP contribution in [-0.4, -0.2) is 18.3 Å². The van der Waals surface area contributed by atoms with Gasteiger partial charge in [0.2, 0.25) is 5.91 Å². The lowest BCUT2D eigenvalue weighted by atomic mass is 10.0. The first kappa shape index (κ1) is 13.9. The SMILES string of the molecule is O=C(Cc1cccc2ccccc12)NCCCCCl. The molecule has 100 valence electrons. The normalized spacial score (nSPS) is 10.6. The van der Waals surface area contributed by atoms with Gasteiger partial charge in [-0.15, -0.1) is 11.6 Å². The van der Waals surface area contributed by atoms with Gasteiger partial charge in [0.1, 0.15) is 0 Å². The van der Waals surface area contributed by atoms with Crippen molar-refractivity contribution in [2.24, 2.45) is 0 Å². The molecule has 0 spiro atoms. The Labute approximate surface area is 118 Å². The fourth-order valence-electron chi connectivity index (χ4n) is 2.13. The topological polar surface area (TPSA) is 29.1 Å². The molecular weight excluding hydrogens is 258 g/mol. The molecular formula is C16H18ClNO. The standard InChI is InChI=1S/C16H18ClNO/c17-10-3-4-11-18-16(19)12-14-8-5-7-13-6-1-2-9-15(13)14/h1-2,5-9H,3-4,10-12H2,(H,18,19). The van der Waals surface area contributed by atoms with Crippen LogP contribution in [0.25, 0.3) is 10.8 Å². The number of rotatable bonds is 6. The first-order valence-corrected chi connectivity index (χ1v) is 7.14. The zero-order valence-corrected chi connectivity index (χ0v) is 11.6. The van der Waals surface area contributed by atoms with Crippen molar-refractivity contribution in [3.8, 4) is 0 Å². The predicted octanol–water partition coefficient (Wildman–Crippen LogP) is 3.52. The fraction of sp³-hybridized carbons (Fsp3) is 0.312. The van der Waals surface area contributed by atoms with Crippen molar-refractivity contribution in [1.82, 2.24) is 5.32 Å². The minimum Gasteiger partial charge on any atom is -0.356 e. The van der Waals surface area contributed by atoms with Crippen molar-refractivity contribution >= 4 is 28.3 Å². The largest absolute Gasteiger partial charge is 0.356 e. The zero-order valence-electron chi connectivity index (χ0n) is 10.9. The van der Waals surface area contributed by atoms with E-state index in [4.69, 9.17) is 11.6 Å². The van der Waals surface area contributed by atoms with E-state index in [0.29, 0.717) is 18.8 Å². The highest BCUT2D eigenvalue weighted by Crippen LogP contribution is 2.18. The van der Waals surface area contributed by atoms with Crippen molar-refractivity contribution in [3.63, 3.8) is 0 Å². The molecule has 0 aromatic heterocycles. The number of hydrogen-bond donors (Lipinski definition) is 1. The van der Waals surface area contributed by atoms with Crippen LogP contribution < -0.4 is 5.32 Å². The van der Waals surface area contributed by atoms with Gasteiger partial charge >= 0.3 is 0 Å². The first-order chi connectivity index (χ1) is 9.31. The highest BCUT2D eigenvalue weighted by Gasteiger charge is 2.05. The maximum atomic E-state index is 11.9. The third-order valence-electron chi connectivity index (χ3n) is 3.11. The molecule has 19 heavy (non-hydrogen) atoms. The molecule has 0 heterocycles. The van der Waals surface area contributed by atoms with Gasteiger partial charge in [-0.05, 0) is 29.2 Å². The van der Waals surface area contributed by atoms with Crippen molar-refractivity contribution < 1.29 is 4.79 Å². The number of halogens is 1. The molecule has 0 saturated heterocycles. The smallest absolute Gasteiger partial charge is 0.224 e. The van der Waals surface area contributed by atoms with Gasteiger partial charge < -0.3 is 5.32 Å². The van der Waals surface area contributed by atoms with E-state index in [9.17, 15) is 4.79 Å². The lowest BCUT2D eigenvalue weighted by Crippen LogP contribution is -2.26. The molecule has 0 aliphatic heterocycles. The summed E-state index contributed by atoms with van der Waals surface area (Å²) >= 11 is 5.60. The number of fused-ring (bicyclic) bond motifs is 1. The Morgan fingerprint density at radius 3 is 2.68 bits per heavy atom. The monoisotopic (exact) mass is 275 g/mol. The fourth-order valence-corrected chi connectivity index (χ4v) is 2.32. The van der Waals surface area contributed by atoms with Crippen LogP contribution in [0.5, 0.6) is 0 Å². The van der Waals surface area contributed by atoms with Gasteiger partial charge in [-0.1, -0.05) is 42.5 Å². The van der Waals surface area contributed by atoms with Crippen molar-refractivity contribution in [3.05, 3.63) is 48.0 Å². The predicted molar refractivity (Wildman–Crippen MR) is 80.6 cm³/mol. The molecule has 0 unspecified atom stereocenters. The number of amides is 1. The van der Waals surface area contributed by atoms with E-state index in [1.165, 1.54) is 5.39 Å². The lowest BCUT2D eigenvalue weighted by Gasteiger charge is -2.07. The Hall–Kier alpha value is -1.54. The molecule has 2 rings (SSSR count). The second kappa shape index (κ2) is 7.15. The number of carbonyl (C=O) groups is 1. The van der Waals surface area contributed by atoms with Crippen LogP contribution in [0.4, 0.5) is 0 Å². The van der Waals surface area contributed by atoms with E-state index < -0.39 is 0 Å². The second-order valence-corrected chi connectivity index (χ2v) is 4.94. The van der Waals surface area contributed by atoms with Crippen molar-refractivity contribution in [1.29, 1.82) is 0 Å². The Morgan fingerprint density at radius 1 is 1.05 bits per heavy atom. The highest BCUT2D eigenvalue weighted by atomic mass is 35.5. The third-order valence-corrected chi connectivity index (χ3v) is 3.38. The van der Waals surface area contributed by atoms with E-state index in [0.717, 1.165) is 23.8 Å². The van der Waals surface area contributed by atoms with Crippen molar-refractivity contribution in [2.75, 3.05) is 12.4 Å². The maximum Gasteiger partial charge on any atom is 0.224 e. The Bertz CT molecular complexity index is 548. The molecule has 0 aliphatic carbocycles. The average molecular weight is 276 g/mol. The summed E-state index contributed by atoms with van der Waals surface area (Å²) in [6.45, 7) is 0.705. The molecule has 2 nitrogen and oxygen atoms in total. The van der Waals surface area contributed by atoms with Crippen LogP contribution >= 0.6 is 11.6 Å². The molecule has 0 saturated carbocycles. The molecule has 0 fully saturated rings. The minimum absolute atomic E-state index is 0.0749. The molecule has 2 aromatic carbocycles. The van der Waals surface area contributed by atoms with Gasteiger partial charge in [-0.25, -0.2) is 0 Å². The molecule has 0 radical (unpaired) electrons. The number of alkyl halides is 1. The first-order valence-electron chi connectivity index (χ1n) is 6.60. The third kappa shape index (κ3) is 3.97. The van der Waals surface area contributed by atoms with Gasteiger partial charge in [0.05, 0.1) is 6.42 Å². The molecule has 0 atom stereocenters. The van der Waals surface area contributed by atoms with Gasteiger partial charge in [0, 0.05) is 12.4 Å². The number of hydrogen-bond acceptors (Lipinski definition) is 1. The second-order valence-electron chi connectivity index (χ2n) is 4.56. The molecule has 2 aromatic rings. The Balaban J connectivity index is 1.99. The Morgan fingerprint density at radius 2 is 1.84 bits per heavy atom.